The smallest absolute Gasteiger partial charge is 0.337 e. The molecule has 3 aromatic rings. The molecule has 3 rings (SSSR count). The Bertz CT molecular complexity index is 964. The fourth-order valence-corrected chi connectivity index (χ4v) is 3.46. The van der Waals surface area contributed by atoms with Crippen LogP contribution < -0.4 is 0 Å². The van der Waals surface area contributed by atoms with E-state index in [1.165, 1.54) is 7.11 Å². The number of ether oxygens (including phenoxy) is 1. The lowest BCUT2D eigenvalue weighted by Crippen LogP contribution is -2.07. The molecule has 1 atom stereocenters. The van der Waals surface area contributed by atoms with E-state index < -0.39 is 0 Å². The van der Waals surface area contributed by atoms with E-state index >= 15 is 0 Å². The van der Waals surface area contributed by atoms with Gasteiger partial charge in [-0.3, -0.25) is 9.78 Å². The summed E-state index contributed by atoms with van der Waals surface area (Å²) in [7, 11) is 1.38. The van der Waals surface area contributed by atoms with E-state index in [1.54, 1.807) is 12.1 Å². The van der Waals surface area contributed by atoms with Crippen molar-refractivity contribution in [3.63, 3.8) is 0 Å². The molecule has 0 N–H and O–H groups in total. The Labute approximate surface area is 165 Å². The van der Waals surface area contributed by atoms with Gasteiger partial charge in [-0.1, -0.05) is 36.4 Å². The van der Waals surface area contributed by atoms with Crippen molar-refractivity contribution < 1.29 is 14.3 Å². The summed E-state index contributed by atoms with van der Waals surface area (Å²) in [5.74, 6) is -0.250. The van der Waals surface area contributed by atoms with Gasteiger partial charge in [0.15, 0.2) is 0 Å². The second-order valence-electron chi connectivity index (χ2n) is 6.76. The van der Waals surface area contributed by atoms with Gasteiger partial charge in [-0.05, 0) is 60.7 Å². The largest absolute Gasteiger partial charge is 0.465 e. The molecule has 0 amide bonds. The van der Waals surface area contributed by atoms with Crippen LogP contribution in [-0.4, -0.2) is 24.3 Å². The minimum atomic E-state index is -0.336. The number of carbonyl (C=O) groups is 2. The van der Waals surface area contributed by atoms with E-state index in [4.69, 9.17) is 4.74 Å². The number of carbonyl (C=O) groups excluding carboxylic acids is 2. The number of rotatable bonds is 7. The zero-order valence-corrected chi connectivity index (χ0v) is 16.1. The highest BCUT2D eigenvalue weighted by atomic mass is 16.5. The Morgan fingerprint density at radius 3 is 2.54 bits per heavy atom. The first-order valence-corrected chi connectivity index (χ1v) is 9.26. The summed E-state index contributed by atoms with van der Waals surface area (Å²) in [6.45, 7) is 1.97. The summed E-state index contributed by atoms with van der Waals surface area (Å²) in [5, 5.41) is 0. The highest BCUT2D eigenvalue weighted by Crippen LogP contribution is 2.31. The first-order valence-electron chi connectivity index (χ1n) is 9.26. The average molecular weight is 373 g/mol. The minimum Gasteiger partial charge on any atom is -0.465 e. The number of hydrogen-bond donors (Lipinski definition) is 0. The van der Waals surface area contributed by atoms with Crippen LogP contribution in [0.3, 0.4) is 0 Å². The maximum atomic E-state index is 11.6. The van der Waals surface area contributed by atoms with Crippen LogP contribution in [0, 0.1) is 6.92 Å². The molecule has 0 aliphatic carbocycles. The first-order chi connectivity index (χ1) is 13.6. The van der Waals surface area contributed by atoms with Crippen molar-refractivity contribution in [2.24, 2.45) is 0 Å². The third-order valence-corrected chi connectivity index (χ3v) is 4.92. The Balaban J connectivity index is 1.87. The molecule has 4 heteroatoms. The molecular weight excluding hydrogens is 350 g/mol. The maximum absolute atomic E-state index is 11.6. The average Bonchev–Trinajstić information content (AvgIpc) is 2.74. The topological polar surface area (TPSA) is 56.3 Å². The Morgan fingerprint density at radius 2 is 1.86 bits per heavy atom. The van der Waals surface area contributed by atoms with Gasteiger partial charge < -0.3 is 4.74 Å². The number of pyridine rings is 1. The van der Waals surface area contributed by atoms with Gasteiger partial charge in [0.2, 0.25) is 0 Å². The van der Waals surface area contributed by atoms with E-state index in [0.717, 1.165) is 41.5 Å². The van der Waals surface area contributed by atoms with Crippen LogP contribution in [0.2, 0.25) is 0 Å². The number of aromatic nitrogens is 1. The zero-order valence-electron chi connectivity index (χ0n) is 16.1. The van der Waals surface area contributed by atoms with Crippen molar-refractivity contribution in [1.82, 2.24) is 4.98 Å². The Hall–Kier alpha value is -3.27. The molecule has 1 aromatic heterocycles. The van der Waals surface area contributed by atoms with Gasteiger partial charge in [0.25, 0.3) is 0 Å². The number of aldehydes is 1. The van der Waals surface area contributed by atoms with Gasteiger partial charge >= 0.3 is 5.97 Å². The molecule has 2 aromatic carbocycles. The molecule has 28 heavy (non-hydrogen) atoms. The SMILES string of the molecule is COC(=O)c1ccc(CC[C@H](c2ccnc(C)c2)c2ccccc2C=O)cc1. The number of aryl methyl sites for hydroxylation is 2. The standard InChI is InChI=1S/C24H23NO3/c1-17-15-20(13-14-25-17)23(22-6-4-3-5-21(22)16-26)12-9-18-7-10-19(11-8-18)24(27)28-2/h3-8,10-11,13-16,23H,9,12H2,1-2H3/t23-/m1/s1. The lowest BCUT2D eigenvalue weighted by atomic mass is 9.84. The molecule has 142 valence electrons. The Kier molecular flexibility index (Phi) is 6.33. The maximum Gasteiger partial charge on any atom is 0.337 e. The van der Waals surface area contributed by atoms with Gasteiger partial charge in [-0.15, -0.1) is 0 Å². The third-order valence-electron chi connectivity index (χ3n) is 4.92. The number of esters is 1. The molecule has 0 fully saturated rings. The number of benzene rings is 2. The number of hydrogen-bond acceptors (Lipinski definition) is 4. The van der Waals surface area contributed by atoms with Crippen LogP contribution >= 0.6 is 0 Å². The number of methoxy groups -OCH3 is 1. The molecular formula is C24H23NO3. The molecule has 1 heterocycles. The van der Waals surface area contributed by atoms with E-state index in [0.29, 0.717) is 11.1 Å². The number of nitrogens with zero attached hydrogens (tertiary/aromatic N) is 1. The lowest BCUT2D eigenvalue weighted by Gasteiger charge is -2.20. The monoisotopic (exact) mass is 373 g/mol. The van der Waals surface area contributed by atoms with E-state index in [1.807, 2.05) is 55.6 Å². The Morgan fingerprint density at radius 1 is 1.11 bits per heavy atom. The first kappa shape index (κ1) is 19.5. The predicted molar refractivity (Wildman–Crippen MR) is 109 cm³/mol. The van der Waals surface area contributed by atoms with Crippen molar-refractivity contribution in [2.45, 2.75) is 25.7 Å². The van der Waals surface area contributed by atoms with Crippen molar-refractivity contribution in [3.8, 4) is 0 Å². The van der Waals surface area contributed by atoms with Gasteiger partial charge in [-0.2, -0.15) is 0 Å². The van der Waals surface area contributed by atoms with Crippen molar-refractivity contribution in [3.05, 3.63) is 100 Å². The highest BCUT2D eigenvalue weighted by molar-refractivity contribution is 5.89. The fraction of sp³-hybridized carbons (Fsp3) is 0.208. The highest BCUT2D eigenvalue weighted by Gasteiger charge is 2.18. The second kappa shape index (κ2) is 9.09. The van der Waals surface area contributed by atoms with Gasteiger partial charge in [0, 0.05) is 23.4 Å². The van der Waals surface area contributed by atoms with Crippen LogP contribution in [0.25, 0.3) is 0 Å². The van der Waals surface area contributed by atoms with Gasteiger partial charge in [-0.25, -0.2) is 4.79 Å². The van der Waals surface area contributed by atoms with E-state index in [-0.39, 0.29) is 11.9 Å². The molecule has 0 saturated carbocycles. The summed E-state index contributed by atoms with van der Waals surface area (Å²) in [6, 6.07) is 19.3. The van der Waals surface area contributed by atoms with E-state index in [2.05, 4.69) is 11.1 Å². The zero-order chi connectivity index (χ0) is 19.9. The molecule has 0 spiro atoms. The van der Waals surface area contributed by atoms with Crippen LogP contribution in [0.15, 0.2) is 66.9 Å². The molecule has 0 radical (unpaired) electrons. The minimum absolute atomic E-state index is 0.0865. The second-order valence-corrected chi connectivity index (χ2v) is 6.76. The van der Waals surface area contributed by atoms with Gasteiger partial charge in [0.05, 0.1) is 12.7 Å². The molecule has 4 nitrogen and oxygen atoms in total. The lowest BCUT2D eigenvalue weighted by molar-refractivity contribution is 0.0600. The summed E-state index contributed by atoms with van der Waals surface area (Å²) in [4.78, 5) is 27.5. The van der Waals surface area contributed by atoms with Gasteiger partial charge in [0.1, 0.15) is 6.29 Å². The van der Waals surface area contributed by atoms with Crippen LogP contribution in [0.1, 0.15) is 55.4 Å². The molecule has 0 aliphatic rings. The molecule has 0 bridgehead atoms. The molecule has 0 aliphatic heterocycles. The van der Waals surface area contributed by atoms with Crippen molar-refractivity contribution in [2.75, 3.05) is 7.11 Å². The van der Waals surface area contributed by atoms with Crippen molar-refractivity contribution >= 4 is 12.3 Å². The third kappa shape index (κ3) is 4.52. The van der Waals surface area contributed by atoms with Crippen molar-refractivity contribution in [1.29, 1.82) is 0 Å². The summed E-state index contributed by atoms with van der Waals surface area (Å²) in [6.07, 6.45) is 4.39. The predicted octanol–water partition coefficient (Wildman–Crippen LogP) is 4.75. The normalized spacial score (nSPS) is 11.6. The molecule has 0 saturated heterocycles. The van der Waals surface area contributed by atoms with Crippen LogP contribution in [0.4, 0.5) is 0 Å². The summed E-state index contributed by atoms with van der Waals surface area (Å²) >= 11 is 0. The van der Waals surface area contributed by atoms with Crippen LogP contribution in [0.5, 0.6) is 0 Å². The van der Waals surface area contributed by atoms with Crippen LogP contribution in [-0.2, 0) is 11.2 Å². The summed E-state index contributed by atoms with van der Waals surface area (Å²) in [5.41, 5.74) is 5.50. The van der Waals surface area contributed by atoms with E-state index in [9.17, 15) is 9.59 Å². The fourth-order valence-electron chi connectivity index (χ4n) is 3.46. The summed E-state index contributed by atoms with van der Waals surface area (Å²) < 4.78 is 4.75. The molecule has 0 unspecified atom stereocenters. The quantitative estimate of drug-likeness (QED) is 0.443.